The minimum Gasteiger partial charge on any atom is -0.497 e. The van der Waals surface area contributed by atoms with Crippen molar-refractivity contribution in [3.8, 4) is 17.2 Å². The summed E-state index contributed by atoms with van der Waals surface area (Å²) in [4.78, 5) is 33.0. The molecule has 1 atom stereocenters. The van der Waals surface area contributed by atoms with Gasteiger partial charge in [0.05, 0.1) is 36.6 Å². The van der Waals surface area contributed by atoms with Gasteiger partial charge in [-0.1, -0.05) is 60.5 Å². The number of ether oxygens (including phenoxy) is 4. The lowest BCUT2D eigenvalue weighted by atomic mass is 9.93. The number of fused-ring (bicyclic) bond motifs is 1. The first kappa shape index (κ1) is 31.1. The summed E-state index contributed by atoms with van der Waals surface area (Å²) < 4.78 is 24.7. The van der Waals surface area contributed by atoms with Crippen LogP contribution in [0.15, 0.2) is 87.8 Å². The van der Waals surface area contributed by atoms with Gasteiger partial charge in [-0.25, -0.2) is 9.79 Å². The second-order valence-corrected chi connectivity index (χ2v) is 11.5. The number of hydrogen-bond acceptors (Lipinski definition) is 8. The van der Waals surface area contributed by atoms with Crippen LogP contribution in [0.25, 0.3) is 6.08 Å². The third-order valence-corrected chi connectivity index (χ3v) is 8.33. The van der Waals surface area contributed by atoms with E-state index in [1.165, 1.54) is 11.3 Å². The number of carbonyl (C=O) groups is 1. The maximum atomic E-state index is 14.2. The molecule has 5 rings (SSSR count). The molecule has 0 aliphatic carbocycles. The van der Waals surface area contributed by atoms with Gasteiger partial charge in [0.25, 0.3) is 5.56 Å². The van der Waals surface area contributed by atoms with Crippen molar-refractivity contribution >= 4 is 35.0 Å². The van der Waals surface area contributed by atoms with Gasteiger partial charge < -0.3 is 18.9 Å². The Bertz CT molecular complexity index is 1880. The molecule has 4 aromatic rings. The van der Waals surface area contributed by atoms with Crippen molar-refractivity contribution in [2.45, 2.75) is 39.3 Å². The molecular weight excluding hydrogens is 600 g/mol. The van der Waals surface area contributed by atoms with E-state index in [0.717, 1.165) is 17.5 Å². The lowest BCUT2D eigenvalue weighted by Crippen LogP contribution is -2.40. The van der Waals surface area contributed by atoms with Crippen molar-refractivity contribution in [2.75, 3.05) is 20.8 Å². The Labute approximate surface area is 264 Å². The van der Waals surface area contributed by atoms with Gasteiger partial charge in [0, 0.05) is 10.6 Å². The van der Waals surface area contributed by atoms with E-state index in [1.54, 1.807) is 43.9 Å². The van der Waals surface area contributed by atoms with E-state index in [0.29, 0.717) is 61.5 Å². The van der Waals surface area contributed by atoms with E-state index < -0.39 is 12.0 Å². The molecule has 2 heterocycles. The summed E-state index contributed by atoms with van der Waals surface area (Å²) >= 11 is 7.26. The summed E-state index contributed by atoms with van der Waals surface area (Å²) in [6, 6.07) is 19.5. The molecule has 1 aliphatic heterocycles. The maximum absolute atomic E-state index is 14.2. The summed E-state index contributed by atoms with van der Waals surface area (Å²) in [6.07, 6.45) is 3.10. The molecule has 0 N–H and O–H groups in total. The van der Waals surface area contributed by atoms with Crippen molar-refractivity contribution in [1.29, 1.82) is 0 Å². The third kappa shape index (κ3) is 6.59. The van der Waals surface area contributed by atoms with E-state index in [-0.39, 0.29) is 12.2 Å². The van der Waals surface area contributed by atoms with Gasteiger partial charge in [-0.3, -0.25) is 9.36 Å². The third-order valence-electron chi connectivity index (χ3n) is 7.10. The van der Waals surface area contributed by atoms with Gasteiger partial charge in [-0.05, 0) is 73.0 Å². The highest BCUT2D eigenvalue weighted by molar-refractivity contribution is 7.07. The number of aromatic nitrogens is 1. The number of methoxy groups -OCH3 is 2. The second-order valence-electron chi connectivity index (χ2n) is 10.0. The molecule has 0 amide bonds. The minimum atomic E-state index is -0.826. The van der Waals surface area contributed by atoms with Crippen LogP contribution in [-0.2, 0) is 16.1 Å². The fourth-order valence-corrected chi connectivity index (χ4v) is 6.21. The standard InChI is InChI=1S/C34H33ClN2O6S/c1-5-8-27-30(33(39)42-6-2)31(26-19-24(40-3)15-16-28(26)41-4)37-32(38)29(44-34(37)36-27)18-22-9-7-10-25(17-22)43-20-21-11-13-23(35)14-12-21/h7,9-19,31H,5-6,8,20H2,1-4H3/b29-18+/t31-/m1/s1. The lowest BCUT2D eigenvalue weighted by Gasteiger charge is -2.27. The smallest absolute Gasteiger partial charge is 0.338 e. The average Bonchev–Trinajstić information content (AvgIpc) is 3.34. The average molecular weight is 633 g/mol. The Morgan fingerprint density at radius 3 is 2.52 bits per heavy atom. The molecule has 1 aliphatic rings. The summed E-state index contributed by atoms with van der Waals surface area (Å²) in [7, 11) is 3.12. The Hall–Kier alpha value is -4.34. The van der Waals surface area contributed by atoms with E-state index in [9.17, 15) is 9.59 Å². The molecule has 3 aromatic carbocycles. The molecule has 8 nitrogen and oxygen atoms in total. The summed E-state index contributed by atoms with van der Waals surface area (Å²) in [5.74, 6) is 1.22. The van der Waals surface area contributed by atoms with Gasteiger partial charge in [-0.2, -0.15) is 0 Å². The summed E-state index contributed by atoms with van der Waals surface area (Å²) in [5, 5.41) is 0.667. The van der Waals surface area contributed by atoms with Crippen molar-refractivity contribution in [1.82, 2.24) is 4.57 Å². The predicted molar refractivity (Wildman–Crippen MR) is 171 cm³/mol. The fourth-order valence-electron chi connectivity index (χ4n) is 5.06. The molecule has 0 saturated heterocycles. The van der Waals surface area contributed by atoms with Crippen LogP contribution in [0.3, 0.4) is 0 Å². The molecule has 0 fully saturated rings. The lowest BCUT2D eigenvalue weighted by molar-refractivity contribution is -0.139. The highest BCUT2D eigenvalue weighted by Crippen LogP contribution is 2.38. The predicted octanol–water partition coefficient (Wildman–Crippen LogP) is 5.83. The van der Waals surface area contributed by atoms with E-state index in [1.807, 2.05) is 61.5 Å². The number of benzene rings is 3. The van der Waals surface area contributed by atoms with Crippen LogP contribution in [0.4, 0.5) is 0 Å². The first-order valence-electron chi connectivity index (χ1n) is 14.3. The van der Waals surface area contributed by atoms with Crippen LogP contribution in [-0.4, -0.2) is 31.4 Å². The topological polar surface area (TPSA) is 88.4 Å². The minimum absolute atomic E-state index is 0.185. The molecular formula is C34H33ClN2O6S. The molecule has 228 valence electrons. The number of carbonyl (C=O) groups excluding carboxylic acids is 1. The zero-order valence-electron chi connectivity index (χ0n) is 25.0. The van der Waals surface area contributed by atoms with Gasteiger partial charge in [0.2, 0.25) is 0 Å². The van der Waals surface area contributed by atoms with Crippen molar-refractivity contribution in [3.05, 3.63) is 119 Å². The van der Waals surface area contributed by atoms with Crippen LogP contribution in [0.2, 0.25) is 5.02 Å². The van der Waals surface area contributed by atoms with Gasteiger partial charge in [0.1, 0.15) is 29.9 Å². The van der Waals surface area contributed by atoms with Crippen LogP contribution in [0.1, 0.15) is 49.4 Å². The molecule has 10 heteroatoms. The largest absolute Gasteiger partial charge is 0.497 e. The zero-order valence-corrected chi connectivity index (χ0v) is 26.5. The summed E-state index contributed by atoms with van der Waals surface area (Å²) in [6.45, 7) is 4.33. The first-order valence-corrected chi connectivity index (χ1v) is 15.5. The van der Waals surface area contributed by atoms with Crippen LogP contribution in [0, 0.1) is 0 Å². The number of rotatable bonds is 11. The molecule has 0 spiro atoms. The monoisotopic (exact) mass is 632 g/mol. The van der Waals surface area contributed by atoms with E-state index in [2.05, 4.69) is 0 Å². The number of esters is 1. The normalized spacial score (nSPS) is 14.6. The van der Waals surface area contributed by atoms with E-state index >= 15 is 0 Å². The van der Waals surface area contributed by atoms with Crippen molar-refractivity contribution < 1.29 is 23.7 Å². The van der Waals surface area contributed by atoms with Crippen molar-refractivity contribution in [3.63, 3.8) is 0 Å². The molecule has 0 bridgehead atoms. The van der Waals surface area contributed by atoms with Crippen molar-refractivity contribution in [2.24, 2.45) is 4.99 Å². The quantitative estimate of drug-likeness (QED) is 0.193. The number of thiazole rings is 1. The molecule has 0 saturated carbocycles. The summed E-state index contributed by atoms with van der Waals surface area (Å²) in [5.41, 5.74) is 3.00. The van der Waals surface area contributed by atoms with Crippen LogP contribution in [0.5, 0.6) is 17.2 Å². The fraction of sp³-hybridized carbons (Fsp3) is 0.265. The number of halogens is 1. The maximum Gasteiger partial charge on any atom is 0.338 e. The Balaban J connectivity index is 1.63. The zero-order chi connectivity index (χ0) is 31.2. The first-order chi connectivity index (χ1) is 21.4. The Kier molecular flexibility index (Phi) is 9.87. The highest BCUT2D eigenvalue weighted by atomic mass is 35.5. The van der Waals surface area contributed by atoms with Gasteiger partial charge >= 0.3 is 5.97 Å². The number of nitrogens with zero attached hydrogens (tertiary/aromatic N) is 2. The van der Waals surface area contributed by atoms with Crippen LogP contribution >= 0.6 is 22.9 Å². The van der Waals surface area contributed by atoms with Gasteiger partial charge in [0.15, 0.2) is 4.80 Å². The SMILES string of the molecule is CCCC1=C(C(=O)OCC)[C@@H](c2cc(OC)ccc2OC)n2c(s/c(=C/c3cccc(OCc4ccc(Cl)cc4)c3)c2=O)=N1. The molecule has 0 unspecified atom stereocenters. The van der Waals surface area contributed by atoms with E-state index in [4.69, 9.17) is 35.5 Å². The number of allylic oxidation sites excluding steroid dienone is 1. The highest BCUT2D eigenvalue weighted by Gasteiger charge is 2.36. The Morgan fingerprint density at radius 2 is 1.82 bits per heavy atom. The van der Waals surface area contributed by atoms with Crippen LogP contribution < -0.4 is 29.1 Å². The molecule has 0 radical (unpaired) electrons. The molecule has 44 heavy (non-hydrogen) atoms. The molecule has 1 aromatic heterocycles. The second kappa shape index (κ2) is 14.0. The number of hydrogen-bond donors (Lipinski definition) is 0. The Morgan fingerprint density at radius 1 is 1.02 bits per heavy atom. The van der Waals surface area contributed by atoms with Gasteiger partial charge in [-0.15, -0.1) is 0 Å².